The van der Waals surface area contributed by atoms with Crippen molar-refractivity contribution in [3.8, 4) is 0 Å². The molecule has 0 aromatic heterocycles. The van der Waals surface area contributed by atoms with E-state index in [0.717, 1.165) is 18.2 Å². The van der Waals surface area contributed by atoms with Gasteiger partial charge in [-0.25, -0.2) is 0 Å². The predicted octanol–water partition coefficient (Wildman–Crippen LogP) is 7.65. The molecule has 2 aromatic carbocycles. The molecule has 13 heteroatoms. The van der Waals surface area contributed by atoms with Crippen LogP contribution in [0.5, 0.6) is 0 Å². The molecule has 0 aliphatic heterocycles. The van der Waals surface area contributed by atoms with Gasteiger partial charge in [0.1, 0.15) is 12.1 Å². The molecule has 2 N–H and O–H groups in total. The molecule has 2 amide bonds. The molecular weight excluding hydrogens is 581 g/mol. The standard InChI is InChI=1S/C25H21Cl3F6N2O2/c1-13-9-14(4-6-17(25(32,33)34)15-10-18(26)20(28)19(27)11-15)3-5-16(13)21(37)36-23(7-2-8-23)22(38)35-12-24(29,30)31/h3-6,9-11,17H,2,7-8,12H2,1H3,(H,35,38)(H,36,37). The van der Waals surface area contributed by atoms with Crippen LogP contribution in [0.1, 0.15) is 52.2 Å². The summed E-state index contributed by atoms with van der Waals surface area (Å²) in [5, 5.41) is 4.02. The largest absolute Gasteiger partial charge is 0.405 e. The third kappa shape index (κ3) is 7.15. The quantitative estimate of drug-likeness (QED) is 0.253. The summed E-state index contributed by atoms with van der Waals surface area (Å²) in [4.78, 5) is 25.2. The molecule has 2 aromatic rings. The van der Waals surface area contributed by atoms with Crippen molar-refractivity contribution < 1.29 is 35.9 Å². The molecular formula is C25H21Cl3F6N2O2. The molecule has 1 aliphatic rings. The molecule has 1 saturated carbocycles. The molecule has 1 unspecified atom stereocenters. The fraction of sp³-hybridized carbons (Fsp3) is 0.360. The highest BCUT2D eigenvalue weighted by Gasteiger charge is 2.46. The van der Waals surface area contributed by atoms with E-state index in [0.29, 0.717) is 17.5 Å². The highest BCUT2D eigenvalue weighted by molar-refractivity contribution is 6.48. The summed E-state index contributed by atoms with van der Waals surface area (Å²) in [5.74, 6) is -3.66. The summed E-state index contributed by atoms with van der Waals surface area (Å²) in [6, 6.07) is 6.40. The molecule has 0 heterocycles. The maximum Gasteiger partial charge on any atom is 0.405 e. The third-order valence-electron chi connectivity index (χ3n) is 6.14. The van der Waals surface area contributed by atoms with Crippen LogP contribution in [0, 0.1) is 6.92 Å². The van der Waals surface area contributed by atoms with Gasteiger partial charge in [0.15, 0.2) is 0 Å². The Labute approximate surface area is 229 Å². The highest BCUT2D eigenvalue weighted by atomic mass is 35.5. The number of alkyl halides is 6. The van der Waals surface area contributed by atoms with Crippen molar-refractivity contribution >= 4 is 52.7 Å². The smallest absolute Gasteiger partial charge is 0.345 e. The van der Waals surface area contributed by atoms with Gasteiger partial charge in [-0.2, -0.15) is 26.3 Å². The molecule has 38 heavy (non-hydrogen) atoms. The minimum absolute atomic E-state index is 0.0620. The summed E-state index contributed by atoms with van der Waals surface area (Å²) in [7, 11) is 0. The van der Waals surface area contributed by atoms with E-state index in [1.54, 1.807) is 12.2 Å². The second kappa shape index (κ2) is 11.4. The van der Waals surface area contributed by atoms with Crippen molar-refractivity contribution in [3.63, 3.8) is 0 Å². The Morgan fingerprint density at radius 3 is 2.11 bits per heavy atom. The lowest BCUT2D eigenvalue weighted by Gasteiger charge is -2.41. The molecule has 1 atom stereocenters. The number of benzene rings is 2. The minimum atomic E-state index is -4.67. The van der Waals surface area contributed by atoms with Crippen molar-refractivity contribution in [2.24, 2.45) is 0 Å². The van der Waals surface area contributed by atoms with Crippen LogP contribution in [-0.4, -0.2) is 36.3 Å². The van der Waals surface area contributed by atoms with Gasteiger partial charge in [-0.05, 0) is 61.1 Å². The molecule has 4 nitrogen and oxygen atoms in total. The van der Waals surface area contributed by atoms with Gasteiger partial charge in [-0.3, -0.25) is 9.59 Å². The second-order valence-corrected chi connectivity index (χ2v) is 10.1. The molecule has 206 valence electrons. The van der Waals surface area contributed by atoms with E-state index >= 15 is 0 Å². The first-order valence-corrected chi connectivity index (χ1v) is 12.3. The Kier molecular flexibility index (Phi) is 9.00. The van der Waals surface area contributed by atoms with E-state index in [2.05, 4.69) is 5.32 Å². The fourth-order valence-electron chi connectivity index (χ4n) is 3.99. The molecule has 0 bridgehead atoms. The van der Waals surface area contributed by atoms with Gasteiger partial charge in [0.2, 0.25) is 5.91 Å². The van der Waals surface area contributed by atoms with E-state index in [-0.39, 0.29) is 39.0 Å². The lowest BCUT2D eigenvalue weighted by molar-refractivity contribution is -0.144. The number of carbonyl (C=O) groups excluding carboxylic acids is 2. The highest BCUT2D eigenvalue weighted by Crippen LogP contribution is 2.41. The maximum absolute atomic E-state index is 13.8. The Balaban J connectivity index is 1.78. The summed E-state index contributed by atoms with van der Waals surface area (Å²) in [6.45, 7) is 0.0280. The number of nitrogens with one attached hydrogen (secondary N) is 2. The summed E-state index contributed by atoms with van der Waals surface area (Å²) in [5.41, 5.74) is -0.804. The van der Waals surface area contributed by atoms with Gasteiger partial charge in [-0.1, -0.05) is 59.1 Å². The average Bonchev–Trinajstić information content (AvgIpc) is 2.76. The van der Waals surface area contributed by atoms with Crippen LogP contribution in [0.4, 0.5) is 26.3 Å². The van der Waals surface area contributed by atoms with E-state index in [1.807, 2.05) is 0 Å². The topological polar surface area (TPSA) is 58.2 Å². The van der Waals surface area contributed by atoms with E-state index in [9.17, 15) is 35.9 Å². The fourth-order valence-corrected chi connectivity index (χ4v) is 4.60. The number of aryl methyl sites for hydroxylation is 1. The number of allylic oxidation sites excluding steroid dienone is 1. The van der Waals surface area contributed by atoms with Crippen molar-refractivity contribution in [2.45, 2.75) is 50.0 Å². The van der Waals surface area contributed by atoms with Gasteiger partial charge < -0.3 is 10.6 Å². The Bertz CT molecular complexity index is 1230. The number of amides is 2. The number of rotatable bonds is 7. The lowest BCUT2D eigenvalue weighted by atomic mass is 9.75. The van der Waals surface area contributed by atoms with Crippen LogP contribution in [0.2, 0.25) is 15.1 Å². The van der Waals surface area contributed by atoms with Gasteiger partial charge in [-0.15, -0.1) is 0 Å². The summed E-state index contributed by atoms with van der Waals surface area (Å²) >= 11 is 17.6. The Morgan fingerprint density at radius 1 is 1.03 bits per heavy atom. The van der Waals surface area contributed by atoms with Crippen LogP contribution in [0.25, 0.3) is 6.08 Å². The molecule has 3 rings (SSSR count). The zero-order valence-electron chi connectivity index (χ0n) is 19.7. The van der Waals surface area contributed by atoms with Gasteiger partial charge in [0, 0.05) is 5.56 Å². The van der Waals surface area contributed by atoms with Crippen LogP contribution < -0.4 is 10.6 Å². The zero-order valence-corrected chi connectivity index (χ0v) is 21.9. The maximum atomic E-state index is 13.8. The Hall–Kier alpha value is -2.43. The zero-order chi connectivity index (χ0) is 28.5. The minimum Gasteiger partial charge on any atom is -0.345 e. The van der Waals surface area contributed by atoms with E-state index in [4.69, 9.17) is 34.8 Å². The predicted molar refractivity (Wildman–Crippen MR) is 134 cm³/mol. The van der Waals surface area contributed by atoms with Crippen LogP contribution in [-0.2, 0) is 4.79 Å². The van der Waals surface area contributed by atoms with Crippen molar-refractivity contribution in [1.29, 1.82) is 0 Å². The first kappa shape index (κ1) is 30.1. The normalized spacial score (nSPS) is 16.2. The first-order chi connectivity index (χ1) is 17.5. The van der Waals surface area contributed by atoms with Gasteiger partial charge in [0.05, 0.1) is 21.0 Å². The van der Waals surface area contributed by atoms with Crippen molar-refractivity contribution in [3.05, 3.63) is 73.7 Å². The van der Waals surface area contributed by atoms with Crippen LogP contribution >= 0.6 is 34.8 Å². The van der Waals surface area contributed by atoms with Gasteiger partial charge in [0.25, 0.3) is 5.91 Å². The average molecular weight is 602 g/mol. The SMILES string of the molecule is Cc1cc(C=CC(c2cc(Cl)c(Cl)c(Cl)c2)C(F)(F)F)ccc1C(=O)NC1(C(=O)NCC(F)(F)F)CCC1. The van der Waals surface area contributed by atoms with Crippen molar-refractivity contribution in [1.82, 2.24) is 10.6 Å². The molecule has 0 spiro atoms. The number of halogens is 9. The van der Waals surface area contributed by atoms with E-state index < -0.39 is 42.2 Å². The second-order valence-electron chi connectivity index (χ2n) is 8.94. The van der Waals surface area contributed by atoms with Crippen LogP contribution in [0.15, 0.2) is 36.4 Å². The lowest BCUT2D eigenvalue weighted by Crippen LogP contribution is -2.63. The van der Waals surface area contributed by atoms with Crippen LogP contribution in [0.3, 0.4) is 0 Å². The first-order valence-electron chi connectivity index (χ1n) is 11.2. The molecule has 0 saturated heterocycles. The van der Waals surface area contributed by atoms with Crippen molar-refractivity contribution in [2.75, 3.05) is 6.54 Å². The summed E-state index contributed by atoms with van der Waals surface area (Å²) < 4.78 is 78.8. The summed E-state index contributed by atoms with van der Waals surface area (Å²) in [6.07, 6.45) is -6.22. The number of carbonyl (C=O) groups is 2. The number of hydrogen-bond donors (Lipinski definition) is 2. The third-order valence-corrected chi connectivity index (χ3v) is 7.33. The molecule has 0 radical (unpaired) electrons. The van der Waals surface area contributed by atoms with Gasteiger partial charge >= 0.3 is 12.4 Å². The Morgan fingerprint density at radius 2 is 1.63 bits per heavy atom. The van der Waals surface area contributed by atoms with E-state index in [1.165, 1.54) is 24.3 Å². The monoisotopic (exact) mass is 600 g/mol. The molecule has 1 aliphatic carbocycles. The number of hydrogen-bond acceptors (Lipinski definition) is 2. The molecule has 1 fully saturated rings.